The van der Waals surface area contributed by atoms with Gasteiger partial charge in [0.25, 0.3) is 0 Å². The Bertz CT molecular complexity index is 380. The van der Waals surface area contributed by atoms with E-state index in [4.69, 9.17) is 0 Å². The van der Waals surface area contributed by atoms with Crippen molar-refractivity contribution in [2.75, 3.05) is 25.1 Å². The Hall–Kier alpha value is -1.55. The predicted molar refractivity (Wildman–Crippen MR) is 65.2 cm³/mol. The number of methoxy groups -OCH3 is 1. The van der Waals surface area contributed by atoms with Crippen molar-refractivity contribution in [3.05, 3.63) is 29.8 Å². The first-order chi connectivity index (χ1) is 8.20. The molecule has 1 N–H and O–H groups in total. The molecule has 0 aliphatic carbocycles. The van der Waals surface area contributed by atoms with E-state index in [-0.39, 0.29) is 12.1 Å². The van der Waals surface area contributed by atoms with Crippen molar-refractivity contribution in [2.45, 2.75) is 18.9 Å². The topological polar surface area (TPSA) is 49.8 Å². The van der Waals surface area contributed by atoms with Crippen LogP contribution >= 0.6 is 0 Å². The number of carbonyl (C=O) groups excluding carboxylic acids is 1. The van der Waals surface area contributed by atoms with Crippen LogP contribution in [0.2, 0.25) is 0 Å². The number of anilines is 1. The second-order valence-corrected chi connectivity index (χ2v) is 4.26. The predicted octanol–water partition coefficient (Wildman–Crippen LogP) is 1.43. The van der Waals surface area contributed by atoms with Crippen LogP contribution in [0.25, 0.3) is 0 Å². The van der Waals surface area contributed by atoms with Gasteiger partial charge >= 0.3 is 5.97 Å². The summed E-state index contributed by atoms with van der Waals surface area (Å²) >= 11 is 0. The van der Waals surface area contributed by atoms with Crippen molar-refractivity contribution in [2.24, 2.45) is 0 Å². The maximum atomic E-state index is 11.3. The van der Waals surface area contributed by atoms with Gasteiger partial charge in [-0.1, -0.05) is 0 Å². The number of esters is 1. The van der Waals surface area contributed by atoms with Gasteiger partial charge in [-0.3, -0.25) is 0 Å². The van der Waals surface area contributed by atoms with E-state index >= 15 is 0 Å². The number of nitrogens with zero attached hydrogens (tertiary/aromatic N) is 1. The van der Waals surface area contributed by atoms with Crippen LogP contribution in [0, 0.1) is 0 Å². The summed E-state index contributed by atoms with van der Waals surface area (Å²) in [6, 6.07) is 7.38. The SMILES string of the molecule is COC(=O)c1ccc(N2CCC(O)CC2)cc1. The van der Waals surface area contributed by atoms with E-state index in [1.54, 1.807) is 12.1 Å². The second kappa shape index (κ2) is 5.19. The zero-order chi connectivity index (χ0) is 12.3. The van der Waals surface area contributed by atoms with Gasteiger partial charge < -0.3 is 14.7 Å². The molecule has 0 aromatic heterocycles. The maximum absolute atomic E-state index is 11.3. The molecule has 2 rings (SSSR count). The molecule has 0 amide bonds. The molecule has 17 heavy (non-hydrogen) atoms. The van der Waals surface area contributed by atoms with Crippen molar-refractivity contribution >= 4 is 11.7 Å². The minimum absolute atomic E-state index is 0.166. The van der Waals surface area contributed by atoms with Crippen LogP contribution in [0.3, 0.4) is 0 Å². The third-order valence-electron chi connectivity index (χ3n) is 3.12. The van der Waals surface area contributed by atoms with Crippen LogP contribution in [0.5, 0.6) is 0 Å². The summed E-state index contributed by atoms with van der Waals surface area (Å²) < 4.78 is 4.65. The molecule has 1 aromatic carbocycles. The summed E-state index contributed by atoms with van der Waals surface area (Å²) in [5.41, 5.74) is 1.65. The Labute approximate surface area is 101 Å². The molecule has 1 saturated heterocycles. The van der Waals surface area contributed by atoms with Crippen LogP contribution in [-0.4, -0.2) is 37.4 Å². The molecule has 0 bridgehead atoms. The number of benzene rings is 1. The van der Waals surface area contributed by atoms with Gasteiger partial charge in [-0.25, -0.2) is 4.79 Å². The van der Waals surface area contributed by atoms with Gasteiger partial charge in [0, 0.05) is 18.8 Å². The summed E-state index contributed by atoms with van der Waals surface area (Å²) in [6.07, 6.45) is 1.44. The standard InChI is InChI=1S/C13H17NO3/c1-17-13(16)10-2-4-11(5-3-10)14-8-6-12(15)7-9-14/h2-5,12,15H,6-9H2,1H3. The number of piperidine rings is 1. The van der Waals surface area contributed by atoms with Gasteiger partial charge in [0.05, 0.1) is 18.8 Å². The Balaban J connectivity index is 2.05. The fraction of sp³-hybridized carbons (Fsp3) is 0.462. The second-order valence-electron chi connectivity index (χ2n) is 4.26. The van der Waals surface area contributed by atoms with E-state index in [0.717, 1.165) is 31.6 Å². The average molecular weight is 235 g/mol. The first-order valence-electron chi connectivity index (χ1n) is 5.82. The van der Waals surface area contributed by atoms with Crippen molar-refractivity contribution in [1.82, 2.24) is 0 Å². The molecule has 0 saturated carbocycles. The largest absolute Gasteiger partial charge is 0.465 e. The van der Waals surface area contributed by atoms with Crippen LogP contribution in [-0.2, 0) is 4.74 Å². The van der Waals surface area contributed by atoms with Gasteiger partial charge in [0.15, 0.2) is 0 Å². The number of ether oxygens (including phenoxy) is 1. The quantitative estimate of drug-likeness (QED) is 0.788. The summed E-state index contributed by atoms with van der Waals surface area (Å²) in [5.74, 6) is -0.314. The highest BCUT2D eigenvalue weighted by atomic mass is 16.5. The zero-order valence-electron chi connectivity index (χ0n) is 9.93. The van der Waals surface area contributed by atoms with E-state index < -0.39 is 0 Å². The summed E-state index contributed by atoms with van der Waals surface area (Å²) in [6.45, 7) is 1.72. The highest BCUT2D eigenvalue weighted by Crippen LogP contribution is 2.20. The fourth-order valence-electron chi connectivity index (χ4n) is 2.05. The minimum Gasteiger partial charge on any atom is -0.465 e. The lowest BCUT2D eigenvalue weighted by molar-refractivity contribution is 0.0601. The molecule has 0 radical (unpaired) electrons. The molecule has 1 aliphatic heterocycles. The van der Waals surface area contributed by atoms with E-state index in [1.807, 2.05) is 12.1 Å². The van der Waals surface area contributed by atoms with Crippen molar-refractivity contribution in [3.8, 4) is 0 Å². The smallest absolute Gasteiger partial charge is 0.337 e. The molecule has 1 aliphatic rings. The Morgan fingerprint density at radius 3 is 2.41 bits per heavy atom. The Morgan fingerprint density at radius 1 is 1.29 bits per heavy atom. The van der Waals surface area contributed by atoms with Gasteiger partial charge in [0.2, 0.25) is 0 Å². The molecule has 1 fully saturated rings. The number of aliphatic hydroxyl groups is 1. The lowest BCUT2D eigenvalue weighted by Crippen LogP contribution is -2.35. The highest BCUT2D eigenvalue weighted by Gasteiger charge is 2.17. The molecular weight excluding hydrogens is 218 g/mol. The van der Waals surface area contributed by atoms with Crippen LogP contribution in [0.15, 0.2) is 24.3 Å². The molecule has 4 heteroatoms. The minimum atomic E-state index is -0.314. The lowest BCUT2D eigenvalue weighted by Gasteiger charge is -2.31. The summed E-state index contributed by atoms with van der Waals surface area (Å²) in [7, 11) is 1.38. The lowest BCUT2D eigenvalue weighted by atomic mass is 10.1. The fourth-order valence-corrected chi connectivity index (χ4v) is 2.05. The Morgan fingerprint density at radius 2 is 1.88 bits per heavy atom. The maximum Gasteiger partial charge on any atom is 0.337 e. The van der Waals surface area contributed by atoms with Gasteiger partial charge in [0.1, 0.15) is 0 Å². The van der Waals surface area contributed by atoms with E-state index in [2.05, 4.69) is 9.64 Å². The highest BCUT2D eigenvalue weighted by molar-refractivity contribution is 5.89. The molecular formula is C13H17NO3. The van der Waals surface area contributed by atoms with Crippen LogP contribution < -0.4 is 4.90 Å². The molecule has 0 unspecified atom stereocenters. The van der Waals surface area contributed by atoms with Crippen LogP contribution in [0.1, 0.15) is 23.2 Å². The molecule has 92 valence electrons. The first kappa shape index (κ1) is 11.9. The molecule has 1 heterocycles. The van der Waals surface area contributed by atoms with Crippen molar-refractivity contribution in [3.63, 3.8) is 0 Å². The number of rotatable bonds is 2. The summed E-state index contributed by atoms with van der Waals surface area (Å²) in [4.78, 5) is 13.5. The normalized spacial score (nSPS) is 16.9. The van der Waals surface area contributed by atoms with Gasteiger partial charge in [-0.2, -0.15) is 0 Å². The zero-order valence-corrected chi connectivity index (χ0v) is 9.93. The first-order valence-corrected chi connectivity index (χ1v) is 5.82. The van der Waals surface area contributed by atoms with Gasteiger partial charge in [-0.15, -0.1) is 0 Å². The summed E-state index contributed by atoms with van der Waals surface area (Å²) in [5, 5.41) is 9.43. The molecule has 0 spiro atoms. The molecule has 4 nitrogen and oxygen atoms in total. The van der Waals surface area contributed by atoms with E-state index in [1.165, 1.54) is 7.11 Å². The van der Waals surface area contributed by atoms with E-state index in [0.29, 0.717) is 5.56 Å². The number of carbonyl (C=O) groups is 1. The third kappa shape index (κ3) is 2.77. The monoisotopic (exact) mass is 235 g/mol. The molecule has 1 aromatic rings. The number of hydrogen-bond acceptors (Lipinski definition) is 4. The number of aliphatic hydroxyl groups excluding tert-OH is 1. The Kier molecular flexibility index (Phi) is 3.64. The van der Waals surface area contributed by atoms with Crippen molar-refractivity contribution in [1.29, 1.82) is 0 Å². The number of hydrogen-bond donors (Lipinski definition) is 1. The molecule has 0 atom stereocenters. The van der Waals surface area contributed by atoms with Crippen molar-refractivity contribution < 1.29 is 14.6 Å². The van der Waals surface area contributed by atoms with Crippen LogP contribution in [0.4, 0.5) is 5.69 Å². The average Bonchev–Trinajstić information content (AvgIpc) is 2.39. The van der Waals surface area contributed by atoms with E-state index in [9.17, 15) is 9.90 Å². The third-order valence-corrected chi connectivity index (χ3v) is 3.12. The van der Waals surface area contributed by atoms with Gasteiger partial charge in [-0.05, 0) is 37.1 Å².